The molecule has 1 fully saturated rings. The van der Waals surface area contributed by atoms with Crippen molar-refractivity contribution >= 4 is 23.3 Å². The smallest absolute Gasteiger partial charge is 0.338 e. The van der Waals surface area contributed by atoms with Crippen molar-refractivity contribution in [3.63, 3.8) is 0 Å². The second kappa shape index (κ2) is 10.2. The van der Waals surface area contributed by atoms with E-state index in [2.05, 4.69) is 0 Å². The molecule has 1 amide bonds. The van der Waals surface area contributed by atoms with Gasteiger partial charge >= 0.3 is 5.97 Å². The third-order valence-corrected chi connectivity index (χ3v) is 5.83. The van der Waals surface area contributed by atoms with E-state index in [-0.39, 0.29) is 23.8 Å². The number of anilines is 1. The molecule has 1 aliphatic rings. The highest BCUT2D eigenvalue weighted by Crippen LogP contribution is 2.30. The zero-order valence-electron chi connectivity index (χ0n) is 18.8. The number of ether oxygens (including phenoxy) is 1. The Morgan fingerprint density at radius 1 is 0.882 bits per heavy atom. The fourth-order valence-corrected chi connectivity index (χ4v) is 4.05. The molecule has 0 atom stereocenters. The number of nitro benzene ring substituents is 1. The normalized spacial score (nSPS) is 13.4. The van der Waals surface area contributed by atoms with Crippen molar-refractivity contribution in [2.24, 2.45) is 0 Å². The average Bonchev–Trinajstić information content (AvgIpc) is 2.89. The first-order valence-corrected chi connectivity index (χ1v) is 11.1. The van der Waals surface area contributed by atoms with Crippen molar-refractivity contribution < 1.29 is 19.2 Å². The minimum atomic E-state index is -0.592. The summed E-state index contributed by atoms with van der Waals surface area (Å²) < 4.78 is 4.94. The topological polar surface area (TPSA) is 93.0 Å². The molecular formula is C26H25N3O5. The van der Waals surface area contributed by atoms with E-state index < -0.39 is 10.9 Å². The Morgan fingerprint density at radius 3 is 2.12 bits per heavy atom. The maximum atomic E-state index is 13.0. The van der Waals surface area contributed by atoms with E-state index in [9.17, 15) is 19.7 Å². The molecule has 0 radical (unpaired) electrons. The number of carbonyl (C=O) groups excluding carboxylic acids is 2. The molecule has 1 saturated heterocycles. The number of carbonyl (C=O) groups is 2. The summed E-state index contributed by atoms with van der Waals surface area (Å²) in [6, 6.07) is 21.8. The average molecular weight is 460 g/mol. The number of nitrogens with zero attached hydrogens (tertiary/aromatic N) is 3. The quantitative estimate of drug-likeness (QED) is 0.308. The Balaban J connectivity index is 1.43. The fourth-order valence-electron chi connectivity index (χ4n) is 4.05. The van der Waals surface area contributed by atoms with Crippen LogP contribution in [0.2, 0.25) is 0 Å². The second-order valence-electron chi connectivity index (χ2n) is 7.90. The molecule has 8 heteroatoms. The van der Waals surface area contributed by atoms with E-state index in [4.69, 9.17) is 4.74 Å². The SMILES string of the molecule is CCOC(=O)c1ccc(N2CCN(C(=O)c3ccc(-c4ccccc4)cc3)CC2)c([N+](=O)[O-])c1. The summed E-state index contributed by atoms with van der Waals surface area (Å²) in [7, 11) is 0. The Bertz CT molecular complexity index is 1190. The van der Waals surface area contributed by atoms with Crippen LogP contribution in [0.25, 0.3) is 11.1 Å². The molecule has 0 bridgehead atoms. The number of hydrogen-bond donors (Lipinski definition) is 0. The van der Waals surface area contributed by atoms with Gasteiger partial charge in [0.15, 0.2) is 0 Å². The first-order valence-electron chi connectivity index (χ1n) is 11.1. The predicted octanol–water partition coefficient (Wildman–Crippen LogP) is 4.40. The zero-order chi connectivity index (χ0) is 24.1. The summed E-state index contributed by atoms with van der Waals surface area (Å²) in [6.45, 7) is 3.66. The number of amides is 1. The molecule has 0 aromatic heterocycles. The van der Waals surface area contributed by atoms with Gasteiger partial charge in [0.1, 0.15) is 5.69 Å². The van der Waals surface area contributed by atoms with E-state index >= 15 is 0 Å². The van der Waals surface area contributed by atoms with Crippen molar-refractivity contribution in [3.8, 4) is 11.1 Å². The van der Waals surface area contributed by atoms with E-state index in [0.717, 1.165) is 11.1 Å². The maximum absolute atomic E-state index is 13.0. The van der Waals surface area contributed by atoms with Gasteiger partial charge in [-0.25, -0.2) is 4.79 Å². The molecule has 3 aromatic rings. The lowest BCUT2D eigenvalue weighted by Gasteiger charge is -2.36. The highest BCUT2D eigenvalue weighted by atomic mass is 16.6. The summed E-state index contributed by atoms with van der Waals surface area (Å²) in [4.78, 5) is 39.7. The number of hydrogen-bond acceptors (Lipinski definition) is 6. The molecule has 3 aromatic carbocycles. The Labute approximate surface area is 197 Å². The van der Waals surface area contributed by atoms with Crippen molar-refractivity contribution in [1.29, 1.82) is 0 Å². The number of piperazine rings is 1. The van der Waals surface area contributed by atoms with Crippen LogP contribution in [-0.4, -0.2) is 54.5 Å². The fraction of sp³-hybridized carbons (Fsp3) is 0.231. The van der Waals surface area contributed by atoms with E-state index in [1.165, 1.54) is 12.1 Å². The molecule has 0 unspecified atom stereocenters. The lowest BCUT2D eigenvalue weighted by molar-refractivity contribution is -0.384. The van der Waals surface area contributed by atoms with Crippen LogP contribution in [0, 0.1) is 10.1 Å². The van der Waals surface area contributed by atoms with E-state index in [1.54, 1.807) is 17.9 Å². The molecule has 174 valence electrons. The van der Waals surface area contributed by atoms with Crippen LogP contribution in [0.15, 0.2) is 72.8 Å². The highest BCUT2D eigenvalue weighted by molar-refractivity contribution is 5.95. The summed E-state index contributed by atoms with van der Waals surface area (Å²) in [5.74, 6) is -0.655. The van der Waals surface area contributed by atoms with Crippen molar-refractivity contribution in [3.05, 3.63) is 94.0 Å². The van der Waals surface area contributed by atoms with Crippen LogP contribution in [0.1, 0.15) is 27.6 Å². The van der Waals surface area contributed by atoms with Crippen LogP contribution >= 0.6 is 0 Å². The largest absolute Gasteiger partial charge is 0.462 e. The highest BCUT2D eigenvalue weighted by Gasteiger charge is 2.27. The zero-order valence-corrected chi connectivity index (χ0v) is 18.8. The first kappa shape index (κ1) is 23.0. The van der Waals surface area contributed by atoms with Gasteiger partial charge in [-0.3, -0.25) is 14.9 Å². The summed E-state index contributed by atoms with van der Waals surface area (Å²) in [5, 5.41) is 11.6. The van der Waals surface area contributed by atoms with E-state index in [1.807, 2.05) is 59.5 Å². The Kier molecular flexibility index (Phi) is 6.87. The van der Waals surface area contributed by atoms with Gasteiger partial charge in [0.05, 0.1) is 17.1 Å². The lowest BCUT2D eigenvalue weighted by Crippen LogP contribution is -2.49. The molecule has 0 saturated carbocycles. The second-order valence-corrected chi connectivity index (χ2v) is 7.90. The molecule has 34 heavy (non-hydrogen) atoms. The maximum Gasteiger partial charge on any atom is 0.338 e. The van der Waals surface area contributed by atoms with Crippen LogP contribution in [0.5, 0.6) is 0 Å². The van der Waals surface area contributed by atoms with Gasteiger partial charge in [-0.05, 0) is 42.3 Å². The van der Waals surface area contributed by atoms with Crippen molar-refractivity contribution in [2.75, 3.05) is 37.7 Å². The standard InChI is InChI=1S/C26H25N3O5/c1-2-34-26(31)22-12-13-23(24(18-22)29(32)33)27-14-16-28(17-15-27)25(30)21-10-8-20(9-11-21)19-6-4-3-5-7-19/h3-13,18H,2,14-17H2,1H3. The van der Waals surface area contributed by atoms with Crippen LogP contribution in [0.3, 0.4) is 0 Å². The Hall–Kier alpha value is -4.20. The predicted molar refractivity (Wildman–Crippen MR) is 129 cm³/mol. The monoisotopic (exact) mass is 459 g/mol. The molecule has 0 aliphatic carbocycles. The lowest BCUT2D eigenvalue weighted by atomic mass is 10.0. The van der Waals surface area contributed by atoms with Crippen molar-refractivity contribution in [2.45, 2.75) is 6.92 Å². The van der Waals surface area contributed by atoms with Gasteiger partial charge in [0, 0.05) is 37.8 Å². The molecule has 1 heterocycles. The first-order chi connectivity index (χ1) is 16.5. The third kappa shape index (κ3) is 4.91. The summed E-state index contributed by atoms with van der Waals surface area (Å²) in [6.07, 6.45) is 0. The molecule has 0 N–H and O–H groups in total. The Morgan fingerprint density at radius 2 is 1.50 bits per heavy atom. The van der Waals surface area contributed by atoms with Crippen molar-refractivity contribution in [1.82, 2.24) is 4.90 Å². The van der Waals surface area contributed by atoms with Gasteiger partial charge in [-0.2, -0.15) is 0 Å². The number of esters is 1. The summed E-state index contributed by atoms with van der Waals surface area (Å²) in [5.41, 5.74) is 3.16. The molecule has 8 nitrogen and oxygen atoms in total. The van der Waals surface area contributed by atoms with Gasteiger partial charge in [0.2, 0.25) is 0 Å². The number of nitro groups is 1. The van der Waals surface area contributed by atoms with Gasteiger partial charge in [-0.15, -0.1) is 0 Å². The van der Waals surface area contributed by atoms with Gasteiger partial charge in [0.25, 0.3) is 11.6 Å². The summed E-state index contributed by atoms with van der Waals surface area (Å²) >= 11 is 0. The molecular weight excluding hydrogens is 434 g/mol. The van der Waals surface area contributed by atoms with Gasteiger partial charge in [-0.1, -0.05) is 42.5 Å². The van der Waals surface area contributed by atoms with Crippen LogP contribution < -0.4 is 4.90 Å². The third-order valence-electron chi connectivity index (χ3n) is 5.83. The van der Waals surface area contributed by atoms with E-state index in [0.29, 0.717) is 37.4 Å². The number of benzene rings is 3. The van der Waals surface area contributed by atoms with Gasteiger partial charge < -0.3 is 14.5 Å². The molecule has 0 spiro atoms. The van der Waals surface area contributed by atoms with Crippen LogP contribution in [-0.2, 0) is 4.74 Å². The molecule has 1 aliphatic heterocycles. The molecule has 4 rings (SSSR count). The number of rotatable bonds is 6. The minimum absolute atomic E-state index is 0.0635. The van der Waals surface area contributed by atoms with Crippen LogP contribution in [0.4, 0.5) is 11.4 Å². The minimum Gasteiger partial charge on any atom is -0.462 e.